The lowest BCUT2D eigenvalue weighted by molar-refractivity contribution is 0.353. The lowest BCUT2D eigenvalue weighted by atomic mass is 10.1. The van der Waals surface area contributed by atoms with Crippen molar-refractivity contribution >= 4 is 0 Å². The van der Waals surface area contributed by atoms with E-state index in [1.54, 1.807) is 7.05 Å². The molecule has 0 aromatic heterocycles. The zero-order chi connectivity index (χ0) is 18.8. The van der Waals surface area contributed by atoms with E-state index < -0.39 is 11.6 Å². The first-order valence-electron chi connectivity index (χ1n) is 8.31. The molecule has 0 fully saturated rings. The highest BCUT2D eigenvalue weighted by Crippen LogP contribution is 2.11. The van der Waals surface area contributed by atoms with E-state index in [4.69, 9.17) is 0 Å². The molecule has 0 aliphatic heterocycles. The average molecular weight is 347 g/mol. The molecular weight excluding hydrogens is 320 g/mol. The molecule has 0 spiro atoms. The first kappa shape index (κ1) is 20.7. The van der Waals surface area contributed by atoms with Crippen molar-refractivity contribution < 1.29 is 8.78 Å². The second kappa shape index (κ2) is 10.5. The fourth-order valence-corrected chi connectivity index (χ4v) is 2.34. The number of likely N-dealkylation sites (N-methyl/N-ethyl adjacent to an activating group) is 1. The third-order valence-corrected chi connectivity index (χ3v) is 3.58. The Bertz CT molecular complexity index is 638. The zero-order valence-electron chi connectivity index (χ0n) is 15.3. The van der Waals surface area contributed by atoms with Crippen LogP contribution >= 0.6 is 0 Å². The Hall–Kier alpha value is -2.32. The number of hydrogen-bond donors (Lipinski definition) is 2. The third-order valence-electron chi connectivity index (χ3n) is 3.58. The van der Waals surface area contributed by atoms with Crippen molar-refractivity contribution in [1.29, 1.82) is 0 Å². The molecule has 0 bridgehead atoms. The molecule has 0 aliphatic carbocycles. The highest BCUT2D eigenvalue weighted by atomic mass is 19.1. The van der Waals surface area contributed by atoms with Gasteiger partial charge in [-0.2, -0.15) is 0 Å². The van der Waals surface area contributed by atoms with Gasteiger partial charge in [0.25, 0.3) is 0 Å². The second-order valence-corrected chi connectivity index (χ2v) is 5.96. The van der Waals surface area contributed by atoms with Gasteiger partial charge < -0.3 is 15.5 Å². The summed E-state index contributed by atoms with van der Waals surface area (Å²) in [5, 5.41) is 6.19. The van der Waals surface area contributed by atoms with E-state index in [1.807, 2.05) is 7.05 Å². The molecule has 0 saturated carbocycles. The topological polar surface area (TPSA) is 27.3 Å². The van der Waals surface area contributed by atoms with Crippen molar-refractivity contribution in [3.63, 3.8) is 0 Å². The van der Waals surface area contributed by atoms with E-state index in [1.165, 1.54) is 18.2 Å². The molecule has 0 aliphatic rings. The van der Waals surface area contributed by atoms with Crippen LogP contribution in [0.15, 0.2) is 42.8 Å². The van der Waals surface area contributed by atoms with Crippen molar-refractivity contribution in [3.05, 3.63) is 59.9 Å². The molecule has 5 heteroatoms. The molecule has 1 atom stereocenters. The van der Waals surface area contributed by atoms with E-state index in [9.17, 15) is 8.78 Å². The number of benzene rings is 1. The zero-order valence-corrected chi connectivity index (χ0v) is 15.3. The van der Waals surface area contributed by atoms with Crippen LogP contribution in [0.25, 0.3) is 0 Å². The Morgan fingerprint density at radius 3 is 2.44 bits per heavy atom. The van der Waals surface area contributed by atoms with Crippen LogP contribution < -0.4 is 10.6 Å². The Kier molecular flexibility index (Phi) is 8.73. The summed E-state index contributed by atoms with van der Waals surface area (Å²) in [7, 11) is 3.78. The van der Waals surface area contributed by atoms with Crippen molar-refractivity contribution in [2.75, 3.05) is 27.2 Å². The lowest BCUT2D eigenvalue weighted by Crippen LogP contribution is -2.34. The maximum atomic E-state index is 13.7. The van der Waals surface area contributed by atoms with Gasteiger partial charge in [-0.3, -0.25) is 0 Å². The number of halogens is 2. The number of nitrogens with zero attached hydrogens (tertiary/aromatic N) is 1. The summed E-state index contributed by atoms with van der Waals surface area (Å²) < 4.78 is 27.5. The average Bonchev–Trinajstić information content (AvgIpc) is 2.54. The Balaban J connectivity index is 2.89. The van der Waals surface area contributed by atoms with Gasteiger partial charge >= 0.3 is 0 Å². The molecule has 2 N–H and O–H groups in total. The summed E-state index contributed by atoms with van der Waals surface area (Å²) in [5.74, 6) is 4.17. The summed E-state index contributed by atoms with van der Waals surface area (Å²) in [6.45, 7) is 11.7. The van der Waals surface area contributed by atoms with Crippen molar-refractivity contribution in [3.8, 4) is 11.8 Å². The molecule has 1 rings (SSSR count). The standard InChI is InChI=1S/C20H27F2N3/c1-6-12-25(5)14-16(3)24-17(13-15(2)23-4)10-11-18-19(21)8-7-9-20(18)22/h7-9,17,23-24H,2-3,6,12-14H2,1,4-5H3. The van der Waals surface area contributed by atoms with Crippen LogP contribution in [0.1, 0.15) is 25.3 Å². The minimum Gasteiger partial charge on any atom is -0.392 e. The van der Waals surface area contributed by atoms with Crippen LogP contribution in [0.3, 0.4) is 0 Å². The van der Waals surface area contributed by atoms with Gasteiger partial charge in [-0.05, 0) is 32.1 Å². The van der Waals surface area contributed by atoms with Crippen LogP contribution in [-0.4, -0.2) is 38.1 Å². The van der Waals surface area contributed by atoms with Crippen LogP contribution in [-0.2, 0) is 0 Å². The molecule has 3 nitrogen and oxygen atoms in total. The smallest absolute Gasteiger partial charge is 0.141 e. The number of hydrogen-bond acceptors (Lipinski definition) is 3. The molecule has 1 unspecified atom stereocenters. The van der Waals surface area contributed by atoms with E-state index in [0.29, 0.717) is 13.0 Å². The van der Waals surface area contributed by atoms with Gasteiger partial charge in [-0.15, -0.1) is 0 Å². The minimum atomic E-state index is -0.666. The molecular formula is C20H27F2N3. The monoisotopic (exact) mass is 347 g/mol. The minimum absolute atomic E-state index is 0.224. The van der Waals surface area contributed by atoms with Crippen LogP contribution in [0.2, 0.25) is 0 Å². The van der Waals surface area contributed by atoms with Crippen molar-refractivity contribution in [2.24, 2.45) is 0 Å². The lowest BCUT2D eigenvalue weighted by Gasteiger charge is -2.22. The highest BCUT2D eigenvalue weighted by molar-refractivity contribution is 5.38. The van der Waals surface area contributed by atoms with Crippen LogP contribution in [0.4, 0.5) is 8.78 Å². The molecule has 0 amide bonds. The summed E-state index contributed by atoms with van der Waals surface area (Å²) >= 11 is 0. The molecule has 0 heterocycles. The fourth-order valence-electron chi connectivity index (χ4n) is 2.34. The predicted octanol–water partition coefficient (Wildman–Crippen LogP) is 3.25. The summed E-state index contributed by atoms with van der Waals surface area (Å²) in [4.78, 5) is 2.14. The van der Waals surface area contributed by atoms with Gasteiger partial charge in [0.05, 0.1) is 11.6 Å². The van der Waals surface area contributed by atoms with Gasteiger partial charge in [0.15, 0.2) is 0 Å². The van der Waals surface area contributed by atoms with E-state index >= 15 is 0 Å². The first-order chi connectivity index (χ1) is 11.9. The SMILES string of the molecule is C=C(CC(C#Cc1c(F)cccc1F)NC(=C)CN(C)CCC)NC. The number of rotatable bonds is 9. The van der Waals surface area contributed by atoms with Gasteiger partial charge in [0.1, 0.15) is 11.6 Å². The molecule has 0 saturated heterocycles. The highest BCUT2D eigenvalue weighted by Gasteiger charge is 2.10. The fraction of sp³-hybridized carbons (Fsp3) is 0.400. The van der Waals surface area contributed by atoms with Crippen molar-refractivity contribution in [1.82, 2.24) is 15.5 Å². The quantitative estimate of drug-likeness (QED) is 0.672. The Morgan fingerprint density at radius 1 is 1.24 bits per heavy atom. The summed E-state index contributed by atoms with van der Waals surface area (Å²) in [6, 6.07) is 3.36. The van der Waals surface area contributed by atoms with Crippen LogP contribution in [0, 0.1) is 23.5 Å². The van der Waals surface area contributed by atoms with E-state index in [2.05, 4.69) is 47.5 Å². The summed E-state index contributed by atoms with van der Waals surface area (Å²) in [6.07, 6.45) is 1.55. The first-order valence-corrected chi connectivity index (χ1v) is 8.31. The predicted molar refractivity (Wildman–Crippen MR) is 99.9 cm³/mol. The van der Waals surface area contributed by atoms with Gasteiger partial charge in [0, 0.05) is 31.4 Å². The molecule has 1 aromatic carbocycles. The van der Waals surface area contributed by atoms with Crippen molar-refractivity contribution in [2.45, 2.75) is 25.8 Å². The largest absolute Gasteiger partial charge is 0.392 e. The van der Waals surface area contributed by atoms with Gasteiger partial charge in [0.2, 0.25) is 0 Å². The van der Waals surface area contributed by atoms with E-state index in [-0.39, 0.29) is 11.6 Å². The van der Waals surface area contributed by atoms with E-state index in [0.717, 1.165) is 24.4 Å². The molecule has 25 heavy (non-hydrogen) atoms. The summed E-state index contributed by atoms with van der Waals surface area (Å²) in [5.41, 5.74) is 1.35. The maximum absolute atomic E-state index is 13.7. The molecule has 136 valence electrons. The van der Waals surface area contributed by atoms with Gasteiger partial charge in [-0.1, -0.05) is 38.0 Å². The number of nitrogens with one attached hydrogen (secondary N) is 2. The molecule has 1 aromatic rings. The molecule has 0 radical (unpaired) electrons. The third kappa shape index (κ3) is 7.40. The Morgan fingerprint density at radius 2 is 1.88 bits per heavy atom. The van der Waals surface area contributed by atoms with Crippen LogP contribution in [0.5, 0.6) is 0 Å². The maximum Gasteiger partial charge on any atom is 0.141 e. The van der Waals surface area contributed by atoms with Gasteiger partial charge in [-0.25, -0.2) is 8.78 Å². The Labute approximate surface area is 149 Å². The second-order valence-electron chi connectivity index (χ2n) is 5.96. The normalized spacial score (nSPS) is 11.4.